The molecule has 1 aromatic rings. The highest BCUT2D eigenvalue weighted by Gasteiger charge is 2.19. The van der Waals surface area contributed by atoms with Gasteiger partial charge in [0, 0.05) is 12.5 Å². The maximum atomic E-state index is 12.2. The van der Waals surface area contributed by atoms with Gasteiger partial charge < -0.3 is 5.32 Å². The van der Waals surface area contributed by atoms with E-state index in [2.05, 4.69) is 5.32 Å². The fourth-order valence-electron chi connectivity index (χ4n) is 1.55. The van der Waals surface area contributed by atoms with Gasteiger partial charge in [-0.2, -0.15) is 11.8 Å². The topological polar surface area (TPSA) is 46.2 Å². The molecule has 0 bridgehead atoms. The zero-order valence-corrected chi connectivity index (χ0v) is 10.9. The number of hydrogen-bond donors (Lipinski definition) is 1. The summed E-state index contributed by atoms with van der Waals surface area (Å²) in [4.78, 5) is 23.2. The molecule has 0 heterocycles. The fourth-order valence-corrected chi connectivity index (χ4v) is 2.02. The Labute approximate surface area is 106 Å². The second kappa shape index (κ2) is 7.12. The van der Waals surface area contributed by atoms with Crippen LogP contribution >= 0.6 is 11.8 Å². The number of benzene rings is 1. The van der Waals surface area contributed by atoms with Crippen LogP contribution in [-0.2, 0) is 4.79 Å². The van der Waals surface area contributed by atoms with E-state index in [0.717, 1.165) is 5.75 Å². The molecule has 4 heteroatoms. The average Bonchev–Trinajstić information content (AvgIpc) is 2.34. The Balaban J connectivity index is 2.75. The molecule has 1 atom stereocenters. The first-order valence-electron chi connectivity index (χ1n) is 5.50. The van der Waals surface area contributed by atoms with Crippen molar-refractivity contribution >= 4 is 23.5 Å². The van der Waals surface area contributed by atoms with Crippen LogP contribution in [0.25, 0.3) is 0 Å². The second-order valence-corrected chi connectivity index (χ2v) is 4.75. The van der Waals surface area contributed by atoms with Gasteiger partial charge in [0.25, 0.3) is 0 Å². The molecule has 0 spiro atoms. The van der Waals surface area contributed by atoms with Crippen molar-refractivity contribution in [3.05, 3.63) is 35.9 Å². The third kappa shape index (κ3) is 4.61. The molecule has 0 aliphatic carbocycles. The van der Waals surface area contributed by atoms with Crippen molar-refractivity contribution in [2.45, 2.75) is 19.4 Å². The van der Waals surface area contributed by atoms with E-state index in [-0.39, 0.29) is 11.7 Å². The Morgan fingerprint density at radius 3 is 2.47 bits per heavy atom. The van der Waals surface area contributed by atoms with E-state index in [9.17, 15) is 9.59 Å². The van der Waals surface area contributed by atoms with Gasteiger partial charge in [0.2, 0.25) is 5.91 Å². The van der Waals surface area contributed by atoms with Crippen LogP contribution in [0.4, 0.5) is 0 Å². The fraction of sp³-hybridized carbons (Fsp3) is 0.385. The van der Waals surface area contributed by atoms with Crippen LogP contribution in [0.5, 0.6) is 0 Å². The van der Waals surface area contributed by atoms with E-state index in [1.807, 2.05) is 24.5 Å². The second-order valence-electron chi connectivity index (χ2n) is 3.76. The van der Waals surface area contributed by atoms with Crippen LogP contribution in [-0.4, -0.2) is 29.7 Å². The highest BCUT2D eigenvalue weighted by atomic mass is 32.2. The molecule has 1 unspecified atom stereocenters. The maximum Gasteiger partial charge on any atom is 0.217 e. The normalized spacial score (nSPS) is 11.9. The van der Waals surface area contributed by atoms with Gasteiger partial charge in [-0.25, -0.2) is 0 Å². The van der Waals surface area contributed by atoms with Crippen molar-refractivity contribution in [3.8, 4) is 0 Å². The number of carbonyl (C=O) groups is 2. The standard InChI is InChI=1S/C13H17NO2S/c1-10(15)14-12(8-9-17-2)13(16)11-6-4-3-5-7-11/h3-7,12H,8-9H2,1-2H3,(H,14,15). The molecule has 1 aromatic carbocycles. The van der Waals surface area contributed by atoms with Gasteiger partial charge in [-0.1, -0.05) is 30.3 Å². The maximum absolute atomic E-state index is 12.2. The van der Waals surface area contributed by atoms with E-state index < -0.39 is 6.04 Å². The van der Waals surface area contributed by atoms with Gasteiger partial charge in [0.1, 0.15) is 0 Å². The van der Waals surface area contributed by atoms with Crippen LogP contribution in [0, 0.1) is 0 Å². The zero-order chi connectivity index (χ0) is 12.7. The first kappa shape index (κ1) is 13.8. The molecule has 0 aliphatic heterocycles. The minimum atomic E-state index is -0.414. The van der Waals surface area contributed by atoms with Crippen molar-refractivity contribution in [1.29, 1.82) is 0 Å². The van der Waals surface area contributed by atoms with E-state index in [4.69, 9.17) is 0 Å². The smallest absolute Gasteiger partial charge is 0.217 e. The molecular formula is C13H17NO2S. The predicted molar refractivity (Wildman–Crippen MR) is 71.4 cm³/mol. The van der Waals surface area contributed by atoms with E-state index in [1.165, 1.54) is 6.92 Å². The molecule has 0 aromatic heterocycles. The van der Waals surface area contributed by atoms with E-state index >= 15 is 0 Å². The Hall–Kier alpha value is -1.29. The average molecular weight is 251 g/mol. The lowest BCUT2D eigenvalue weighted by molar-refractivity contribution is -0.119. The molecule has 3 nitrogen and oxygen atoms in total. The van der Waals surface area contributed by atoms with E-state index in [0.29, 0.717) is 12.0 Å². The zero-order valence-electron chi connectivity index (χ0n) is 10.1. The van der Waals surface area contributed by atoms with Gasteiger partial charge in [-0.15, -0.1) is 0 Å². The third-order valence-electron chi connectivity index (χ3n) is 2.36. The summed E-state index contributed by atoms with van der Waals surface area (Å²) in [6.45, 7) is 1.43. The summed E-state index contributed by atoms with van der Waals surface area (Å²) in [5.74, 6) is 0.666. The van der Waals surface area contributed by atoms with Crippen LogP contribution in [0.15, 0.2) is 30.3 Å². The van der Waals surface area contributed by atoms with Crippen LogP contribution in [0.1, 0.15) is 23.7 Å². The lowest BCUT2D eigenvalue weighted by Gasteiger charge is -2.16. The summed E-state index contributed by atoms with van der Waals surface area (Å²) in [6.07, 6.45) is 2.65. The number of Topliss-reactive ketones (excluding diaryl/α,β-unsaturated/α-hetero) is 1. The summed E-state index contributed by atoms with van der Waals surface area (Å²) in [5, 5.41) is 2.71. The molecule has 0 fully saturated rings. The first-order valence-corrected chi connectivity index (χ1v) is 6.90. The molecule has 1 N–H and O–H groups in total. The Morgan fingerprint density at radius 1 is 1.29 bits per heavy atom. The quantitative estimate of drug-likeness (QED) is 0.788. The number of hydrogen-bond acceptors (Lipinski definition) is 3. The molecule has 1 rings (SSSR count). The number of nitrogens with one attached hydrogen (secondary N) is 1. The van der Waals surface area contributed by atoms with Crippen molar-refractivity contribution in [2.75, 3.05) is 12.0 Å². The number of amides is 1. The highest BCUT2D eigenvalue weighted by Crippen LogP contribution is 2.08. The largest absolute Gasteiger partial charge is 0.346 e. The number of thioether (sulfide) groups is 1. The summed E-state index contributed by atoms with van der Waals surface area (Å²) in [5.41, 5.74) is 0.646. The van der Waals surface area contributed by atoms with Crippen LogP contribution < -0.4 is 5.32 Å². The van der Waals surface area contributed by atoms with Gasteiger partial charge in [-0.3, -0.25) is 9.59 Å². The summed E-state index contributed by atoms with van der Waals surface area (Å²) < 4.78 is 0. The highest BCUT2D eigenvalue weighted by molar-refractivity contribution is 7.98. The number of carbonyl (C=O) groups excluding carboxylic acids is 2. The Kier molecular flexibility index (Phi) is 5.77. The third-order valence-corrected chi connectivity index (χ3v) is 3.01. The van der Waals surface area contributed by atoms with Gasteiger partial charge in [0.15, 0.2) is 5.78 Å². The Morgan fingerprint density at radius 2 is 1.94 bits per heavy atom. The summed E-state index contributed by atoms with van der Waals surface area (Å²) in [6, 6.07) is 8.65. The van der Waals surface area contributed by atoms with Crippen LogP contribution in [0.3, 0.4) is 0 Å². The molecule has 17 heavy (non-hydrogen) atoms. The molecule has 1 amide bonds. The summed E-state index contributed by atoms with van der Waals surface area (Å²) in [7, 11) is 0. The molecular weight excluding hydrogens is 234 g/mol. The lowest BCUT2D eigenvalue weighted by atomic mass is 10.0. The van der Waals surface area contributed by atoms with Gasteiger partial charge >= 0.3 is 0 Å². The summed E-state index contributed by atoms with van der Waals surface area (Å²) >= 11 is 1.67. The SMILES string of the molecule is CSCCC(NC(C)=O)C(=O)c1ccccc1. The molecule has 92 valence electrons. The van der Waals surface area contributed by atoms with Crippen molar-refractivity contribution in [1.82, 2.24) is 5.32 Å². The Bertz CT molecular complexity index is 378. The number of rotatable bonds is 6. The van der Waals surface area contributed by atoms with Crippen molar-refractivity contribution in [2.24, 2.45) is 0 Å². The minimum absolute atomic E-state index is 0.0187. The van der Waals surface area contributed by atoms with Crippen molar-refractivity contribution in [3.63, 3.8) is 0 Å². The molecule has 0 saturated heterocycles. The molecule has 0 aliphatic rings. The first-order chi connectivity index (χ1) is 8.15. The molecule has 0 saturated carbocycles. The monoisotopic (exact) mass is 251 g/mol. The molecule has 0 radical (unpaired) electrons. The van der Waals surface area contributed by atoms with Crippen LogP contribution in [0.2, 0.25) is 0 Å². The lowest BCUT2D eigenvalue weighted by Crippen LogP contribution is -2.40. The number of ketones is 1. The van der Waals surface area contributed by atoms with Gasteiger partial charge in [-0.05, 0) is 18.4 Å². The van der Waals surface area contributed by atoms with Crippen molar-refractivity contribution < 1.29 is 9.59 Å². The van der Waals surface area contributed by atoms with Gasteiger partial charge in [0.05, 0.1) is 6.04 Å². The predicted octanol–water partition coefficient (Wildman–Crippen LogP) is 2.13. The minimum Gasteiger partial charge on any atom is -0.346 e. The van der Waals surface area contributed by atoms with E-state index in [1.54, 1.807) is 23.9 Å².